The van der Waals surface area contributed by atoms with E-state index in [9.17, 15) is 9.90 Å². The van der Waals surface area contributed by atoms with Gasteiger partial charge in [0, 0.05) is 19.1 Å². The van der Waals surface area contributed by atoms with Crippen LogP contribution in [-0.4, -0.2) is 23.7 Å². The lowest BCUT2D eigenvalue weighted by molar-refractivity contribution is -0.136. The zero-order valence-corrected chi connectivity index (χ0v) is 14.8. The number of aliphatic hydroxyl groups is 1. The second-order valence-electron chi connectivity index (χ2n) is 9.41. The second kappa shape index (κ2) is 5.47. The molecule has 0 radical (unpaired) electrons. The predicted molar refractivity (Wildman–Crippen MR) is 90.7 cm³/mol. The largest absolute Gasteiger partial charge is 0.396 e. The maximum atomic E-state index is 11.8. The van der Waals surface area contributed by atoms with E-state index in [1.165, 1.54) is 38.5 Å². The Morgan fingerprint density at radius 3 is 2.61 bits per heavy atom. The summed E-state index contributed by atoms with van der Waals surface area (Å²) in [7, 11) is 0. The zero-order chi connectivity index (χ0) is 16.2. The molecule has 3 heteroatoms. The molecule has 3 aliphatic carbocycles. The monoisotopic (exact) mass is 319 g/mol. The third-order valence-corrected chi connectivity index (χ3v) is 8.77. The topological polar surface area (TPSA) is 49.3 Å². The third kappa shape index (κ3) is 2.22. The van der Waals surface area contributed by atoms with E-state index in [1.807, 2.05) is 0 Å². The minimum absolute atomic E-state index is 0.274. The fraction of sp³-hybridized carbons (Fsp3) is 0.950. The lowest BCUT2D eigenvalue weighted by Gasteiger charge is -2.60. The highest BCUT2D eigenvalue weighted by molar-refractivity contribution is 5.77. The van der Waals surface area contributed by atoms with Gasteiger partial charge in [0.1, 0.15) is 0 Å². The second-order valence-corrected chi connectivity index (χ2v) is 9.41. The summed E-state index contributed by atoms with van der Waals surface area (Å²) in [5.41, 5.74) is 0.790. The first kappa shape index (κ1) is 15.9. The van der Waals surface area contributed by atoms with E-state index >= 15 is 0 Å². The Morgan fingerprint density at radius 1 is 1.04 bits per heavy atom. The molecule has 4 rings (SSSR count). The van der Waals surface area contributed by atoms with Crippen molar-refractivity contribution in [2.24, 2.45) is 34.5 Å². The number of hydrogen-bond acceptors (Lipinski definition) is 2. The molecule has 1 heterocycles. The number of nitrogens with one attached hydrogen (secondary N) is 1. The fourth-order valence-electron chi connectivity index (χ4n) is 7.44. The van der Waals surface area contributed by atoms with Gasteiger partial charge in [-0.25, -0.2) is 0 Å². The molecule has 4 aliphatic rings. The number of fused-ring (bicyclic) bond motifs is 5. The smallest absolute Gasteiger partial charge is 0.220 e. The minimum Gasteiger partial charge on any atom is -0.396 e. The molecule has 0 spiro atoms. The number of hydrogen-bond donors (Lipinski definition) is 2. The first-order valence-corrected chi connectivity index (χ1v) is 9.89. The van der Waals surface area contributed by atoms with Crippen LogP contribution in [0.15, 0.2) is 0 Å². The van der Waals surface area contributed by atoms with Gasteiger partial charge >= 0.3 is 0 Å². The van der Waals surface area contributed by atoms with E-state index in [1.54, 1.807) is 0 Å². The standard InChI is InChI=1S/C20H33NO2/c1-19-10-7-16-14(15(19)5-3-13(19)9-12-22)4-6-17-20(16,2)11-8-18(23)21-17/h13-17,22H,3-12H2,1-2H3,(H,21,23)/t13-,14-,15-,16-,17+,19+,20+/m0/s1. The van der Waals surface area contributed by atoms with Gasteiger partial charge in [-0.3, -0.25) is 4.79 Å². The van der Waals surface area contributed by atoms with Gasteiger partial charge in [0.2, 0.25) is 5.91 Å². The van der Waals surface area contributed by atoms with Gasteiger partial charge in [0.05, 0.1) is 0 Å². The van der Waals surface area contributed by atoms with Crippen LogP contribution < -0.4 is 5.32 Å². The van der Waals surface area contributed by atoms with Crippen molar-refractivity contribution in [2.45, 2.75) is 77.7 Å². The van der Waals surface area contributed by atoms with E-state index in [2.05, 4.69) is 19.2 Å². The zero-order valence-electron chi connectivity index (χ0n) is 14.8. The molecule has 0 aromatic rings. The van der Waals surface area contributed by atoms with Crippen LogP contribution in [0.25, 0.3) is 0 Å². The third-order valence-electron chi connectivity index (χ3n) is 8.77. The molecule has 2 N–H and O–H groups in total. The first-order valence-electron chi connectivity index (χ1n) is 9.89. The summed E-state index contributed by atoms with van der Waals surface area (Å²) in [5, 5.41) is 12.8. The molecule has 130 valence electrons. The predicted octanol–water partition coefficient (Wildman–Crippen LogP) is 3.51. The van der Waals surface area contributed by atoms with Crippen LogP contribution in [0.3, 0.4) is 0 Å². The lowest BCUT2D eigenvalue weighted by Crippen LogP contribution is -2.61. The van der Waals surface area contributed by atoms with Gasteiger partial charge in [-0.1, -0.05) is 13.8 Å². The average molecular weight is 319 g/mol. The molecule has 3 nitrogen and oxygen atoms in total. The maximum absolute atomic E-state index is 11.8. The quantitative estimate of drug-likeness (QED) is 0.818. The van der Waals surface area contributed by atoms with Gasteiger partial charge in [-0.15, -0.1) is 0 Å². The van der Waals surface area contributed by atoms with Crippen molar-refractivity contribution in [3.8, 4) is 0 Å². The molecule has 23 heavy (non-hydrogen) atoms. The SMILES string of the molecule is C[C@]12CCC(=O)N[C@@H]1CC[C@@H]1[C@@H]2CC[C@]2(C)[C@H](CCO)CC[C@@H]12. The van der Waals surface area contributed by atoms with E-state index in [0.29, 0.717) is 23.5 Å². The Morgan fingerprint density at radius 2 is 1.83 bits per heavy atom. The number of rotatable bonds is 2. The number of aliphatic hydroxyl groups excluding tert-OH is 1. The van der Waals surface area contributed by atoms with Gasteiger partial charge in [-0.2, -0.15) is 0 Å². The van der Waals surface area contributed by atoms with Crippen molar-refractivity contribution in [3.05, 3.63) is 0 Å². The Kier molecular flexibility index (Phi) is 3.79. The Balaban J connectivity index is 1.59. The van der Waals surface area contributed by atoms with Crippen molar-refractivity contribution in [1.29, 1.82) is 0 Å². The summed E-state index contributed by atoms with van der Waals surface area (Å²) in [5.74, 6) is 3.51. The minimum atomic E-state index is 0.274. The van der Waals surface area contributed by atoms with Crippen LogP contribution in [-0.2, 0) is 4.79 Å². The highest BCUT2D eigenvalue weighted by Gasteiger charge is 2.59. The molecule has 1 saturated heterocycles. The Hall–Kier alpha value is -0.570. The maximum Gasteiger partial charge on any atom is 0.220 e. The molecule has 3 saturated carbocycles. The summed E-state index contributed by atoms with van der Waals surface area (Å²) >= 11 is 0. The van der Waals surface area contributed by atoms with Gasteiger partial charge < -0.3 is 10.4 Å². The number of piperidine rings is 1. The summed E-state index contributed by atoms with van der Waals surface area (Å²) in [6.45, 7) is 5.35. The van der Waals surface area contributed by atoms with Crippen LogP contribution in [0, 0.1) is 34.5 Å². The van der Waals surface area contributed by atoms with Crippen LogP contribution in [0.4, 0.5) is 0 Å². The summed E-state index contributed by atoms with van der Waals surface area (Å²) in [6.07, 6.45) is 10.7. The van der Waals surface area contributed by atoms with Crippen molar-refractivity contribution in [3.63, 3.8) is 0 Å². The van der Waals surface area contributed by atoms with Crippen molar-refractivity contribution in [2.75, 3.05) is 6.61 Å². The highest BCUT2D eigenvalue weighted by atomic mass is 16.3. The van der Waals surface area contributed by atoms with Crippen LogP contribution in [0.5, 0.6) is 0 Å². The number of amides is 1. The van der Waals surface area contributed by atoms with Gasteiger partial charge in [-0.05, 0) is 85.9 Å². The molecular formula is C20H33NO2. The van der Waals surface area contributed by atoms with Crippen molar-refractivity contribution >= 4 is 5.91 Å². The Labute approximate surface area is 140 Å². The molecule has 4 fully saturated rings. The number of carbonyl (C=O) groups excluding carboxylic acids is 1. The Bertz CT molecular complexity index is 492. The molecule has 0 bridgehead atoms. The van der Waals surface area contributed by atoms with Gasteiger partial charge in [0.25, 0.3) is 0 Å². The van der Waals surface area contributed by atoms with Crippen LogP contribution in [0.1, 0.15) is 71.6 Å². The van der Waals surface area contributed by atoms with Crippen molar-refractivity contribution in [1.82, 2.24) is 5.32 Å². The molecule has 1 aliphatic heterocycles. The van der Waals surface area contributed by atoms with E-state index in [-0.39, 0.29) is 5.91 Å². The van der Waals surface area contributed by atoms with Gasteiger partial charge in [0.15, 0.2) is 0 Å². The number of carbonyl (C=O) groups is 1. The van der Waals surface area contributed by atoms with Crippen LogP contribution in [0.2, 0.25) is 0 Å². The molecule has 1 amide bonds. The first-order chi connectivity index (χ1) is 11.0. The van der Waals surface area contributed by atoms with Crippen molar-refractivity contribution < 1.29 is 9.90 Å². The molecule has 0 unspecified atom stereocenters. The van der Waals surface area contributed by atoms with E-state index in [0.717, 1.165) is 42.9 Å². The molecule has 0 aromatic heterocycles. The summed E-state index contributed by atoms with van der Waals surface area (Å²) in [6, 6.07) is 0.420. The average Bonchev–Trinajstić information content (AvgIpc) is 2.85. The summed E-state index contributed by atoms with van der Waals surface area (Å²) in [4.78, 5) is 11.8. The highest BCUT2D eigenvalue weighted by Crippen LogP contribution is 2.65. The lowest BCUT2D eigenvalue weighted by atomic mass is 9.47. The van der Waals surface area contributed by atoms with E-state index in [4.69, 9.17) is 0 Å². The van der Waals surface area contributed by atoms with E-state index < -0.39 is 0 Å². The summed E-state index contributed by atoms with van der Waals surface area (Å²) < 4.78 is 0. The normalized spacial score (nSPS) is 52.3. The molecule has 7 atom stereocenters. The fourth-order valence-corrected chi connectivity index (χ4v) is 7.44. The molecular weight excluding hydrogens is 286 g/mol. The molecule has 0 aromatic carbocycles. The van der Waals surface area contributed by atoms with Crippen LogP contribution >= 0.6 is 0 Å².